The molecular weight excluding hydrogens is 325 g/mol. The van der Waals surface area contributed by atoms with Gasteiger partial charge in [-0.15, -0.1) is 0 Å². The summed E-state index contributed by atoms with van der Waals surface area (Å²) in [6.45, 7) is 1.61. The third-order valence-corrected chi connectivity index (χ3v) is 3.32. The Morgan fingerprint density at radius 1 is 1.30 bits per heavy atom. The van der Waals surface area contributed by atoms with Gasteiger partial charge in [-0.05, 0) is 53.2 Å². The van der Waals surface area contributed by atoms with Crippen molar-refractivity contribution in [2.45, 2.75) is 13.0 Å². The summed E-state index contributed by atoms with van der Waals surface area (Å²) in [5, 5.41) is 18.6. The van der Waals surface area contributed by atoms with E-state index in [0.29, 0.717) is 22.6 Å². The van der Waals surface area contributed by atoms with Crippen molar-refractivity contribution in [2.24, 2.45) is 0 Å². The highest BCUT2D eigenvalue weighted by Crippen LogP contribution is 2.32. The molecule has 2 aromatic rings. The van der Waals surface area contributed by atoms with Crippen LogP contribution in [0.2, 0.25) is 0 Å². The molecule has 0 bridgehead atoms. The largest absolute Gasteiger partial charge is 0.457 e. The molecule has 0 aliphatic heterocycles. The van der Waals surface area contributed by atoms with Crippen molar-refractivity contribution < 1.29 is 14.2 Å². The van der Waals surface area contributed by atoms with Crippen LogP contribution < -0.4 is 4.74 Å². The van der Waals surface area contributed by atoms with E-state index in [9.17, 15) is 9.50 Å². The fraction of sp³-hybridized carbons (Fsp3) is 0.133. The molecule has 0 saturated heterocycles. The van der Waals surface area contributed by atoms with Crippen molar-refractivity contribution in [3.63, 3.8) is 0 Å². The zero-order chi connectivity index (χ0) is 14.7. The van der Waals surface area contributed by atoms with E-state index >= 15 is 0 Å². The van der Waals surface area contributed by atoms with Gasteiger partial charge in [0, 0.05) is 5.56 Å². The van der Waals surface area contributed by atoms with Crippen LogP contribution in [-0.2, 0) is 0 Å². The fourth-order valence-electron chi connectivity index (χ4n) is 1.70. The van der Waals surface area contributed by atoms with E-state index in [2.05, 4.69) is 15.9 Å². The first-order valence-electron chi connectivity index (χ1n) is 5.86. The Labute approximate surface area is 124 Å². The van der Waals surface area contributed by atoms with Gasteiger partial charge in [0.1, 0.15) is 17.3 Å². The van der Waals surface area contributed by atoms with Crippen LogP contribution in [0.25, 0.3) is 0 Å². The summed E-state index contributed by atoms with van der Waals surface area (Å²) >= 11 is 3.08. The number of nitrogens with zero attached hydrogens (tertiary/aromatic N) is 1. The van der Waals surface area contributed by atoms with Crippen molar-refractivity contribution in [3.8, 4) is 17.6 Å². The smallest absolute Gasteiger partial charge is 0.137 e. The predicted molar refractivity (Wildman–Crippen MR) is 76.0 cm³/mol. The number of hydrogen-bond donors (Lipinski definition) is 1. The molecule has 0 radical (unpaired) electrons. The second-order valence-electron chi connectivity index (χ2n) is 4.22. The number of halogens is 2. The molecule has 1 N–H and O–H groups in total. The standard InChI is InChI=1S/C15H11BrFNO2/c1-9(19)12-4-2-10(8-18)6-15(12)20-11-3-5-14(17)13(16)7-11/h2-7,9,19H,1H3. The Morgan fingerprint density at radius 2 is 2.05 bits per heavy atom. The Bertz CT molecular complexity index is 680. The molecule has 20 heavy (non-hydrogen) atoms. The lowest BCUT2D eigenvalue weighted by atomic mass is 10.1. The van der Waals surface area contributed by atoms with Crippen LogP contribution in [0.5, 0.6) is 11.5 Å². The van der Waals surface area contributed by atoms with Crippen molar-refractivity contribution >= 4 is 15.9 Å². The first-order chi connectivity index (χ1) is 9.51. The van der Waals surface area contributed by atoms with Gasteiger partial charge < -0.3 is 9.84 Å². The van der Waals surface area contributed by atoms with Crippen molar-refractivity contribution in [3.05, 3.63) is 57.8 Å². The van der Waals surface area contributed by atoms with Gasteiger partial charge in [0.15, 0.2) is 0 Å². The molecule has 0 aromatic heterocycles. The summed E-state index contributed by atoms with van der Waals surface area (Å²) in [7, 11) is 0. The summed E-state index contributed by atoms with van der Waals surface area (Å²) in [6.07, 6.45) is -0.735. The summed E-state index contributed by atoms with van der Waals surface area (Å²) < 4.78 is 19.1. The highest BCUT2D eigenvalue weighted by Gasteiger charge is 2.12. The average molecular weight is 336 g/mol. The van der Waals surface area contributed by atoms with Gasteiger partial charge >= 0.3 is 0 Å². The predicted octanol–water partition coefficient (Wildman–Crippen LogP) is 4.31. The number of rotatable bonds is 3. The topological polar surface area (TPSA) is 53.2 Å². The molecule has 0 saturated carbocycles. The van der Waals surface area contributed by atoms with Crippen LogP contribution in [0.3, 0.4) is 0 Å². The van der Waals surface area contributed by atoms with Gasteiger partial charge in [-0.2, -0.15) is 5.26 Å². The van der Waals surface area contributed by atoms with Crippen LogP contribution in [0.1, 0.15) is 24.2 Å². The highest BCUT2D eigenvalue weighted by atomic mass is 79.9. The van der Waals surface area contributed by atoms with Crippen LogP contribution in [0.4, 0.5) is 4.39 Å². The lowest BCUT2D eigenvalue weighted by Gasteiger charge is -2.13. The van der Waals surface area contributed by atoms with E-state index in [0.717, 1.165) is 0 Å². The average Bonchev–Trinajstić information content (AvgIpc) is 2.42. The number of aliphatic hydroxyl groups excluding tert-OH is 1. The molecular formula is C15H11BrFNO2. The molecule has 3 nitrogen and oxygen atoms in total. The lowest BCUT2D eigenvalue weighted by Crippen LogP contribution is -1.97. The second kappa shape index (κ2) is 6.04. The third-order valence-electron chi connectivity index (χ3n) is 2.71. The van der Waals surface area contributed by atoms with Crippen LogP contribution >= 0.6 is 15.9 Å². The minimum absolute atomic E-state index is 0.282. The van der Waals surface area contributed by atoms with E-state index in [-0.39, 0.29) is 10.3 Å². The zero-order valence-corrected chi connectivity index (χ0v) is 12.2. The molecule has 0 aliphatic carbocycles. The molecule has 1 atom stereocenters. The molecule has 2 rings (SSSR count). The molecule has 5 heteroatoms. The number of aliphatic hydroxyl groups is 1. The van der Waals surface area contributed by atoms with E-state index in [1.165, 1.54) is 18.2 Å². The highest BCUT2D eigenvalue weighted by molar-refractivity contribution is 9.10. The molecule has 2 aromatic carbocycles. The van der Waals surface area contributed by atoms with Crippen molar-refractivity contribution in [2.75, 3.05) is 0 Å². The van der Waals surface area contributed by atoms with E-state index in [1.54, 1.807) is 25.1 Å². The molecule has 0 amide bonds. The summed E-state index contributed by atoms with van der Waals surface area (Å²) in [5.74, 6) is 0.395. The van der Waals surface area contributed by atoms with Crippen LogP contribution in [0, 0.1) is 17.1 Å². The molecule has 0 aliphatic rings. The zero-order valence-electron chi connectivity index (χ0n) is 10.6. The van der Waals surface area contributed by atoms with E-state index in [4.69, 9.17) is 10.00 Å². The third kappa shape index (κ3) is 3.16. The molecule has 102 valence electrons. The van der Waals surface area contributed by atoms with Gasteiger partial charge in [0.25, 0.3) is 0 Å². The Kier molecular flexibility index (Phi) is 4.38. The SMILES string of the molecule is CC(O)c1ccc(C#N)cc1Oc1ccc(F)c(Br)c1. The minimum Gasteiger partial charge on any atom is -0.457 e. The van der Waals surface area contributed by atoms with Crippen molar-refractivity contribution in [1.29, 1.82) is 5.26 Å². The number of nitriles is 1. The molecule has 0 heterocycles. The van der Waals surface area contributed by atoms with Gasteiger partial charge in [-0.3, -0.25) is 0 Å². The Balaban J connectivity index is 2.40. The Morgan fingerprint density at radius 3 is 2.65 bits per heavy atom. The molecule has 0 spiro atoms. The number of benzene rings is 2. The maximum Gasteiger partial charge on any atom is 0.137 e. The summed E-state index contributed by atoms with van der Waals surface area (Å²) in [5.41, 5.74) is 0.982. The normalized spacial score (nSPS) is 11.8. The fourth-order valence-corrected chi connectivity index (χ4v) is 2.06. The second-order valence-corrected chi connectivity index (χ2v) is 5.07. The quantitative estimate of drug-likeness (QED) is 0.909. The van der Waals surface area contributed by atoms with E-state index < -0.39 is 6.10 Å². The first kappa shape index (κ1) is 14.5. The van der Waals surface area contributed by atoms with Crippen LogP contribution in [0.15, 0.2) is 40.9 Å². The monoisotopic (exact) mass is 335 g/mol. The number of ether oxygens (including phenoxy) is 1. The Hall–Kier alpha value is -1.90. The van der Waals surface area contributed by atoms with Crippen molar-refractivity contribution in [1.82, 2.24) is 0 Å². The number of hydrogen-bond acceptors (Lipinski definition) is 3. The van der Waals surface area contributed by atoms with Gasteiger partial charge in [-0.1, -0.05) is 6.07 Å². The van der Waals surface area contributed by atoms with E-state index in [1.807, 2.05) is 6.07 Å². The summed E-state index contributed by atoms with van der Waals surface area (Å²) in [6, 6.07) is 11.0. The summed E-state index contributed by atoms with van der Waals surface area (Å²) in [4.78, 5) is 0. The van der Waals surface area contributed by atoms with Gasteiger partial charge in [0.2, 0.25) is 0 Å². The molecule has 1 unspecified atom stereocenters. The first-order valence-corrected chi connectivity index (χ1v) is 6.65. The lowest BCUT2D eigenvalue weighted by molar-refractivity contribution is 0.195. The van der Waals surface area contributed by atoms with Gasteiger partial charge in [-0.25, -0.2) is 4.39 Å². The van der Waals surface area contributed by atoms with Gasteiger partial charge in [0.05, 0.1) is 22.2 Å². The maximum atomic E-state index is 13.2. The minimum atomic E-state index is -0.735. The molecule has 0 fully saturated rings. The maximum absolute atomic E-state index is 13.2. The van der Waals surface area contributed by atoms with Crippen LogP contribution in [-0.4, -0.2) is 5.11 Å².